The number of hydrogen-bond acceptors (Lipinski definition) is 8. The Bertz CT molecular complexity index is 1470. The molecule has 9 nitrogen and oxygen atoms in total. The molecule has 0 aliphatic carbocycles. The quantitative estimate of drug-likeness (QED) is 0.380. The highest BCUT2D eigenvalue weighted by atomic mass is 16.5. The van der Waals surface area contributed by atoms with E-state index in [0.29, 0.717) is 30.4 Å². The summed E-state index contributed by atoms with van der Waals surface area (Å²) in [7, 11) is 1.71. The summed E-state index contributed by atoms with van der Waals surface area (Å²) in [6.07, 6.45) is 5.20. The second-order valence-electron chi connectivity index (χ2n) is 8.52. The second kappa shape index (κ2) is 10.9. The standard InChI is InChI=1S/C28H27N7O2/c1-30-16-23(19-10-12-31-13-11-19)27(29)20-6-8-21(9-7-20)37-18-25-33-24-5-3-2-4-22(24)28(34-25)35-15-14-32-26(36)17-35/h2-13,16H,14-15,17-18,29H2,1H3,(H,32,36). The first kappa shape index (κ1) is 23.9. The number of fused-ring (bicyclic) bond motifs is 1. The topological polar surface area (TPSA) is 119 Å². The minimum absolute atomic E-state index is 0.0162. The second-order valence-corrected chi connectivity index (χ2v) is 8.52. The van der Waals surface area contributed by atoms with Crippen LogP contribution in [0.25, 0.3) is 22.2 Å². The van der Waals surface area contributed by atoms with Crippen molar-refractivity contribution in [3.05, 3.63) is 90.0 Å². The summed E-state index contributed by atoms with van der Waals surface area (Å²) < 4.78 is 6.02. The molecular weight excluding hydrogens is 466 g/mol. The zero-order chi connectivity index (χ0) is 25.6. The Kier molecular flexibility index (Phi) is 7.02. The number of nitrogens with two attached hydrogens (primary N) is 1. The molecule has 0 saturated carbocycles. The van der Waals surface area contributed by atoms with E-state index in [1.54, 1.807) is 25.7 Å². The van der Waals surface area contributed by atoms with E-state index in [1.807, 2.05) is 65.6 Å². The number of aromatic nitrogens is 3. The molecule has 1 aliphatic rings. The van der Waals surface area contributed by atoms with Gasteiger partial charge in [0, 0.05) is 55.4 Å². The maximum Gasteiger partial charge on any atom is 0.239 e. The first-order valence-corrected chi connectivity index (χ1v) is 11.9. The lowest BCUT2D eigenvalue weighted by atomic mass is 10.0. The first-order chi connectivity index (χ1) is 18.1. The Morgan fingerprint density at radius 2 is 1.86 bits per heavy atom. The number of carbonyl (C=O) groups excluding carboxylic acids is 1. The van der Waals surface area contributed by atoms with Gasteiger partial charge < -0.3 is 20.7 Å². The molecule has 1 amide bonds. The highest BCUT2D eigenvalue weighted by Gasteiger charge is 2.21. The molecule has 5 rings (SSSR count). The van der Waals surface area contributed by atoms with Crippen molar-refractivity contribution in [1.29, 1.82) is 0 Å². The molecule has 0 unspecified atom stereocenters. The summed E-state index contributed by atoms with van der Waals surface area (Å²) >= 11 is 0. The fraction of sp³-hybridized carbons (Fsp3) is 0.179. The minimum Gasteiger partial charge on any atom is -0.486 e. The number of nitrogens with zero attached hydrogens (tertiary/aromatic N) is 5. The van der Waals surface area contributed by atoms with Gasteiger partial charge in [0.25, 0.3) is 0 Å². The van der Waals surface area contributed by atoms with Gasteiger partial charge >= 0.3 is 0 Å². The number of benzene rings is 2. The van der Waals surface area contributed by atoms with E-state index in [-0.39, 0.29) is 19.1 Å². The molecular formula is C28H27N7O2. The zero-order valence-corrected chi connectivity index (χ0v) is 20.5. The fourth-order valence-corrected chi connectivity index (χ4v) is 4.23. The molecule has 1 aliphatic heterocycles. The van der Waals surface area contributed by atoms with Gasteiger partial charge in [-0.2, -0.15) is 0 Å². The summed E-state index contributed by atoms with van der Waals surface area (Å²) in [4.78, 5) is 31.6. The molecule has 1 saturated heterocycles. The van der Waals surface area contributed by atoms with Gasteiger partial charge in [-0.3, -0.25) is 14.8 Å². The lowest BCUT2D eigenvalue weighted by molar-refractivity contribution is -0.120. The van der Waals surface area contributed by atoms with Crippen LogP contribution in [0.5, 0.6) is 5.75 Å². The van der Waals surface area contributed by atoms with E-state index >= 15 is 0 Å². The van der Waals surface area contributed by atoms with Crippen LogP contribution < -0.4 is 20.7 Å². The largest absolute Gasteiger partial charge is 0.486 e. The van der Waals surface area contributed by atoms with Gasteiger partial charge in [-0.05, 0) is 59.7 Å². The van der Waals surface area contributed by atoms with E-state index in [2.05, 4.69) is 20.3 Å². The summed E-state index contributed by atoms with van der Waals surface area (Å²) in [5.74, 6) is 1.94. The van der Waals surface area contributed by atoms with Crippen molar-refractivity contribution < 1.29 is 9.53 Å². The summed E-state index contributed by atoms with van der Waals surface area (Å²) in [6, 6.07) is 19.2. The number of rotatable bonds is 7. The van der Waals surface area contributed by atoms with Crippen LogP contribution in [0.4, 0.5) is 5.82 Å². The molecule has 0 spiro atoms. The fourth-order valence-electron chi connectivity index (χ4n) is 4.23. The predicted molar refractivity (Wildman–Crippen MR) is 145 cm³/mol. The highest BCUT2D eigenvalue weighted by Crippen LogP contribution is 2.26. The van der Waals surface area contributed by atoms with Gasteiger partial charge in [-0.1, -0.05) is 12.1 Å². The van der Waals surface area contributed by atoms with Gasteiger partial charge in [0.1, 0.15) is 18.2 Å². The Hall–Kier alpha value is -4.79. The van der Waals surface area contributed by atoms with Crippen LogP contribution in [0.15, 0.2) is 78.0 Å². The molecule has 2 aromatic heterocycles. The summed E-state index contributed by atoms with van der Waals surface area (Å²) in [6.45, 7) is 1.73. The number of para-hydroxylation sites is 1. The minimum atomic E-state index is -0.0162. The van der Waals surface area contributed by atoms with E-state index in [4.69, 9.17) is 15.5 Å². The van der Waals surface area contributed by atoms with Crippen LogP contribution in [0.2, 0.25) is 0 Å². The normalized spacial score (nSPS) is 14.5. The van der Waals surface area contributed by atoms with E-state index < -0.39 is 0 Å². The molecule has 0 atom stereocenters. The Morgan fingerprint density at radius 3 is 2.62 bits per heavy atom. The van der Waals surface area contributed by atoms with Crippen molar-refractivity contribution in [2.75, 3.05) is 31.6 Å². The average Bonchev–Trinajstić information content (AvgIpc) is 2.95. The molecule has 1 fully saturated rings. The monoisotopic (exact) mass is 493 g/mol. The van der Waals surface area contributed by atoms with Crippen LogP contribution in [-0.4, -0.2) is 53.8 Å². The molecule has 2 aromatic carbocycles. The maximum atomic E-state index is 12.0. The molecule has 9 heteroatoms. The number of piperazine rings is 1. The van der Waals surface area contributed by atoms with Crippen LogP contribution in [0.3, 0.4) is 0 Å². The van der Waals surface area contributed by atoms with Crippen LogP contribution in [0.1, 0.15) is 17.0 Å². The Balaban J connectivity index is 1.36. The van der Waals surface area contributed by atoms with Crippen molar-refractivity contribution in [3.8, 4) is 5.75 Å². The molecule has 186 valence electrons. The Morgan fingerprint density at radius 1 is 1.08 bits per heavy atom. The molecule has 3 N–H and O–H groups in total. The number of aliphatic imine (C=N–C) groups is 1. The van der Waals surface area contributed by atoms with E-state index in [9.17, 15) is 4.79 Å². The molecule has 4 aromatic rings. The van der Waals surface area contributed by atoms with Crippen molar-refractivity contribution in [3.63, 3.8) is 0 Å². The number of nitrogens with one attached hydrogen (secondary N) is 1. The number of hydrogen-bond donors (Lipinski definition) is 2. The van der Waals surface area contributed by atoms with Gasteiger partial charge in [0.05, 0.1) is 12.1 Å². The SMILES string of the molecule is CN=CC(=C(N)c1ccc(OCc2nc(N3CCNC(=O)C3)c3ccccc3n2)cc1)c1ccncc1. The Labute approximate surface area is 214 Å². The number of amides is 1. The van der Waals surface area contributed by atoms with Crippen LogP contribution in [-0.2, 0) is 11.4 Å². The van der Waals surface area contributed by atoms with E-state index in [1.165, 1.54) is 0 Å². The van der Waals surface area contributed by atoms with Crippen molar-refractivity contribution in [1.82, 2.24) is 20.3 Å². The third kappa shape index (κ3) is 5.40. The van der Waals surface area contributed by atoms with E-state index in [0.717, 1.165) is 33.4 Å². The lowest BCUT2D eigenvalue weighted by Crippen LogP contribution is -2.48. The van der Waals surface area contributed by atoms with Gasteiger partial charge in [-0.25, -0.2) is 9.97 Å². The molecule has 0 radical (unpaired) electrons. The number of anilines is 1. The molecule has 37 heavy (non-hydrogen) atoms. The summed E-state index contributed by atoms with van der Waals surface area (Å²) in [5, 5.41) is 3.77. The number of allylic oxidation sites excluding steroid dienone is 1. The number of ether oxygens (including phenoxy) is 1. The third-order valence-corrected chi connectivity index (χ3v) is 6.04. The lowest BCUT2D eigenvalue weighted by Gasteiger charge is -2.28. The smallest absolute Gasteiger partial charge is 0.239 e. The number of pyridine rings is 1. The molecule has 0 bridgehead atoms. The molecule has 3 heterocycles. The van der Waals surface area contributed by atoms with Gasteiger partial charge in [0.2, 0.25) is 5.91 Å². The van der Waals surface area contributed by atoms with Crippen molar-refractivity contribution in [2.24, 2.45) is 10.7 Å². The van der Waals surface area contributed by atoms with Crippen LogP contribution in [0, 0.1) is 0 Å². The average molecular weight is 494 g/mol. The van der Waals surface area contributed by atoms with Crippen LogP contribution >= 0.6 is 0 Å². The van der Waals surface area contributed by atoms with Crippen molar-refractivity contribution >= 4 is 40.1 Å². The number of carbonyl (C=O) groups is 1. The highest BCUT2D eigenvalue weighted by molar-refractivity contribution is 6.18. The third-order valence-electron chi connectivity index (χ3n) is 6.04. The van der Waals surface area contributed by atoms with Crippen molar-refractivity contribution in [2.45, 2.75) is 6.61 Å². The zero-order valence-electron chi connectivity index (χ0n) is 20.5. The predicted octanol–water partition coefficient (Wildman–Crippen LogP) is 3.07. The summed E-state index contributed by atoms with van der Waals surface area (Å²) in [5.41, 5.74) is 10.5. The van der Waals surface area contributed by atoms with Gasteiger partial charge in [-0.15, -0.1) is 0 Å². The van der Waals surface area contributed by atoms with Gasteiger partial charge in [0.15, 0.2) is 5.82 Å². The maximum absolute atomic E-state index is 12.0. The first-order valence-electron chi connectivity index (χ1n) is 11.9.